The second-order valence-electron chi connectivity index (χ2n) is 5.35. The van der Waals surface area contributed by atoms with Gasteiger partial charge in [0.1, 0.15) is 0 Å². The number of nitrogens with one attached hydrogen (secondary N) is 1. The maximum Gasteiger partial charge on any atom is 0.270 e. The van der Waals surface area contributed by atoms with E-state index in [0.29, 0.717) is 0 Å². The first-order chi connectivity index (χ1) is 11.0. The van der Waals surface area contributed by atoms with Crippen LogP contribution in [0.3, 0.4) is 0 Å². The fraction of sp³-hybridized carbons (Fsp3) is 0.118. The molecule has 3 rings (SSSR count). The van der Waals surface area contributed by atoms with Gasteiger partial charge in [0.2, 0.25) is 0 Å². The largest absolute Gasteiger partial charge is 0.332 e. The maximum absolute atomic E-state index is 10.9. The predicted octanol–water partition coefficient (Wildman–Crippen LogP) is 5.08. The van der Waals surface area contributed by atoms with E-state index in [9.17, 15) is 10.1 Å². The van der Waals surface area contributed by atoms with E-state index in [2.05, 4.69) is 42.3 Å². The van der Waals surface area contributed by atoms with Crippen molar-refractivity contribution in [1.29, 1.82) is 0 Å². The van der Waals surface area contributed by atoms with Gasteiger partial charge in [-0.3, -0.25) is 10.1 Å². The molecule has 1 heterocycles. The molecule has 0 fully saturated rings. The van der Waals surface area contributed by atoms with Crippen molar-refractivity contribution in [3.8, 4) is 11.3 Å². The highest BCUT2D eigenvalue weighted by atomic mass is 32.1. The number of hydrogen-bond acceptors (Lipinski definition) is 5. The Labute approximate surface area is 137 Å². The maximum atomic E-state index is 10.9. The Morgan fingerprint density at radius 1 is 1.13 bits per heavy atom. The van der Waals surface area contributed by atoms with Gasteiger partial charge in [0.05, 0.1) is 10.6 Å². The van der Waals surface area contributed by atoms with Crippen LogP contribution in [-0.4, -0.2) is 9.91 Å². The highest BCUT2D eigenvalue weighted by molar-refractivity contribution is 7.14. The molecule has 1 N–H and O–H groups in total. The van der Waals surface area contributed by atoms with Crippen molar-refractivity contribution in [2.45, 2.75) is 13.8 Å². The molecule has 0 unspecified atom stereocenters. The molecule has 6 heteroatoms. The monoisotopic (exact) mass is 325 g/mol. The average molecular weight is 325 g/mol. The summed E-state index contributed by atoms with van der Waals surface area (Å²) >= 11 is 1.47. The number of thiazole rings is 1. The van der Waals surface area contributed by atoms with Crippen LogP contribution in [0.2, 0.25) is 0 Å². The molecule has 0 aliphatic carbocycles. The number of non-ortho nitro benzene ring substituents is 1. The van der Waals surface area contributed by atoms with Crippen molar-refractivity contribution in [3.05, 3.63) is 69.1 Å². The molecule has 3 aromatic rings. The Bertz CT molecular complexity index is 854. The Balaban J connectivity index is 1.85. The van der Waals surface area contributed by atoms with Crippen molar-refractivity contribution >= 4 is 27.8 Å². The van der Waals surface area contributed by atoms with E-state index in [4.69, 9.17) is 0 Å². The molecule has 0 aliphatic rings. The van der Waals surface area contributed by atoms with E-state index in [0.717, 1.165) is 22.1 Å². The summed E-state index contributed by atoms with van der Waals surface area (Å²) in [6.07, 6.45) is 0. The van der Waals surface area contributed by atoms with Crippen LogP contribution >= 0.6 is 11.3 Å². The van der Waals surface area contributed by atoms with Gasteiger partial charge in [-0.25, -0.2) is 4.98 Å². The number of anilines is 2. The van der Waals surface area contributed by atoms with Crippen molar-refractivity contribution < 1.29 is 4.92 Å². The first-order valence-corrected chi connectivity index (χ1v) is 7.95. The Morgan fingerprint density at radius 2 is 1.87 bits per heavy atom. The molecule has 5 nitrogen and oxygen atoms in total. The molecule has 0 radical (unpaired) electrons. The number of aromatic nitrogens is 1. The molecule has 0 amide bonds. The second kappa shape index (κ2) is 6.18. The number of nitro groups is 1. The fourth-order valence-corrected chi connectivity index (χ4v) is 3.15. The Hall–Kier alpha value is -2.73. The molecule has 0 bridgehead atoms. The minimum atomic E-state index is -0.398. The highest BCUT2D eigenvalue weighted by Crippen LogP contribution is 2.29. The number of benzene rings is 2. The molecule has 2 aromatic carbocycles. The van der Waals surface area contributed by atoms with Crippen molar-refractivity contribution in [3.63, 3.8) is 0 Å². The number of rotatable bonds is 4. The van der Waals surface area contributed by atoms with Crippen LogP contribution in [0.1, 0.15) is 11.1 Å². The zero-order chi connectivity index (χ0) is 16.4. The molecule has 0 atom stereocenters. The van der Waals surface area contributed by atoms with Crippen LogP contribution in [-0.2, 0) is 0 Å². The predicted molar refractivity (Wildman–Crippen MR) is 93.4 cm³/mol. The minimum Gasteiger partial charge on any atom is -0.332 e. The van der Waals surface area contributed by atoms with Crippen LogP contribution in [0.25, 0.3) is 11.3 Å². The smallest absolute Gasteiger partial charge is 0.270 e. The average Bonchev–Trinajstić information content (AvgIpc) is 2.95. The molecule has 23 heavy (non-hydrogen) atoms. The lowest BCUT2D eigenvalue weighted by Gasteiger charge is -2.05. The lowest BCUT2D eigenvalue weighted by atomic mass is 10.1. The van der Waals surface area contributed by atoms with Gasteiger partial charge in [0.25, 0.3) is 5.69 Å². The molecule has 0 saturated heterocycles. The van der Waals surface area contributed by atoms with E-state index in [-0.39, 0.29) is 5.69 Å². The molecule has 0 saturated carbocycles. The van der Waals surface area contributed by atoms with Crippen LogP contribution in [0.5, 0.6) is 0 Å². The lowest BCUT2D eigenvalue weighted by molar-refractivity contribution is -0.384. The number of aryl methyl sites for hydroxylation is 2. The summed E-state index contributed by atoms with van der Waals surface area (Å²) in [5.74, 6) is 0. The van der Waals surface area contributed by atoms with Crippen molar-refractivity contribution in [2.24, 2.45) is 0 Å². The van der Waals surface area contributed by atoms with E-state index < -0.39 is 4.92 Å². The Kier molecular flexibility index (Phi) is 4.08. The summed E-state index contributed by atoms with van der Waals surface area (Å²) in [5, 5.41) is 16.8. The topological polar surface area (TPSA) is 68.1 Å². The third-order valence-corrected chi connectivity index (χ3v) is 4.09. The van der Waals surface area contributed by atoms with Gasteiger partial charge in [-0.1, -0.05) is 18.2 Å². The van der Waals surface area contributed by atoms with Crippen LogP contribution < -0.4 is 5.32 Å². The van der Waals surface area contributed by atoms with Gasteiger partial charge in [0, 0.05) is 28.8 Å². The van der Waals surface area contributed by atoms with Gasteiger partial charge < -0.3 is 5.32 Å². The molecular formula is C17H15N3O2S. The molecule has 1 aromatic heterocycles. The zero-order valence-electron chi connectivity index (χ0n) is 12.7. The van der Waals surface area contributed by atoms with Crippen molar-refractivity contribution in [2.75, 3.05) is 5.32 Å². The summed E-state index contributed by atoms with van der Waals surface area (Å²) in [6, 6.07) is 12.7. The molecule has 0 spiro atoms. The van der Waals surface area contributed by atoms with Gasteiger partial charge in [-0.05, 0) is 37.1 Å². The summed E-state index contributed by atoms with van der Waals surface area (Å²) in [6.45, 7) is 4.10. The fourth-order valence-electron chi connectivity index (χ4n) is 2.41. The number of nitro benzene ring substituents is 1. The second-order valence-corrected chi connectivity index (χ2v) is 6.20. The summed E-state index contributed by atoms with van der Waals surface area (Å²) in [5.41, 5.74) is 4.89. The third kappa shape index (κ3) is 3.54. The first-order valence-electron chi connectivity index (χ1n) is 7.07. The van der Waals surface area contributed by atoms with Crippen LogP contribution in [0, 0.1) is 24.0 Å². The van der Waals surface area contributed by atoms with Gasteiger partial charge >= 0.3 is 0 Å². The van der Waals surface area contributed by atoms with Gasteiger partial charge in [-0.15, -0.1) is 11.3 Å². The van der Waals surface area contributed by atoms with Gasteiger partial charge in [-0.2, -0.15) is 0 Å². The van der Waals surface area contributed by atoms with E-state index in [1.165, 1.54) is 34.6 Å². The standard InChI is InChI=1S/C17H15N3O2S/c1-11-6-12(2)8-14(7-11)18-17-19-16(10-23-17)13-4-3-5-15(9-13)20(21)22/h3-10H,1-2H3,(H,18,19). The molecule has 116 valence electrons. The van der Waals surface area contributed by atoms with Gasteiger partial charge in [0.15, 0.2) is 5.13 Å². The van der Waals surface area contributed by atoms with E-state index in [1.54, 1.807) is 6.07 Å². The SMILES string of the molecule is Cc1cc(C)cc(Nc2nc(-c3cccc([N+](=O)[O-])c3)cs2)c1. The van der Waals surface area contributed by atoms with Crippen molar-refractivity contribution in [1.82, 2.24) is 4.98 Å². The molecule has 0 aliphatic heterocycles. The summed E-state index contributed by atoms with van der Waals surface area (Å²) in [7, 11) is 0. The first kappa shape index (κ1) is 15.2. The van der Waals surface area contributed by atoms with Crippen LogP contribution in [0.4, 0.5) is 16.5 Å². The van der Waals surface area contributed by atoms with Crippen LogP contribution in [0.15, 0.2) is 47.8 Å². The Morgan fingerprint density at radius 3 is 2.57 bits per heavy atom. The zero-order valence-corrected chi connectivity index (χ0v) is 13.6. The number of hydrogen-bond donors (Lipinski definition) is 1. The minimum absolute atomic E-state index is 0.0688. The van der Waals surface area contributed by atoms with E-state index >= 15 is 0 Å². The lowest BCUT2D eigenvalue weighted by Crippen LogP contribution is -1.92. The summed E-state index contributed by atoms with van der Waals surface area (Å²) < 4.78 is 0. The number of nitrogens with zero attached hydrogens (tertiary/aromatic N) is 2. The normalized spacial score (nSPS) is 10.5. The molecular weight excluding hydrogens is 310 g/mol. The summed E-state index contributed by atoms with van der Waals surface area (Å²) in [4.78, 5) is 15.0. The quantitative estimate of drug-likeness (QED) is 0.536. The third-order valence-electron chi connectivity index (χ3n) is 3.33. The van der Waals surface area contributed by atoms with E-state index in [1.807, 2.05) is 11.4 Å². The highest BCUT2D eigenvalue weighted by Gasteiger charge is 2.10.